The first-order valence-electron chi connectivity index (χ1n) is 9.65. The molecule has 0 spiro atoms. The first-order valence-corrected chi connectivity index (χ1v) is 14.9. The fourth-order valence-electron chi connectivity index (χ4n) is 3.00. The van der Waals surface area contributed by atoms with Crippen molar-refractivity contribution in [1.29, 1.82) is 0 Å². The van der Waals surface area contributed by atoms with E-state index in [1.807, 2.05) is 0 Å². The molecule has 2 aromatic rings. The number of hydrogen-bond donors (Lipinski definition) is 1. The molecular formula is C23H34Cl2NOPTi. The Kier molecular flexibility index (Phi) is 10.7. The number of halogens is 2. The summed E-state index contributed by atoms with van der Waals surface area (Å²) in [5.74, 6) is 0.462. The summed E-state index contributed by atoms with van der Waals surface area (Å²) in [4.78, 5) is 2.19. The van der Waals surface area contributed by atoms with E-state index >= 15 is 0 Å². The van der Waals surface area contributed by atoms with Gasteiger partial charge in [0.25, 0.3) is 0 Å². The Balaban J connectivity index is 0.00000132. The van der Waals surface area contributed by atoms with Gasteiger partial charge in [-0.25, -0.2) is 0 Å². The standard InChI is InChI=1S/C23H34NOP.2ClH.Ti/c1-22(2,3)17-13-18(23(4,5)6)21(25)20(14-17)26-19-12-10-9-11-16(19)15-24(7)8;;;/h9-14,25-26H,15H2,1-8H3;2*1H;/q;;;+2/p-2. The molecule has 1 N–H and O–H groups in total. The molecule has 0 heterocycles. The second-order valence-corrected chi connectivity index (χ2v) is 13.4. The quantitative estimate of drug-likeness (QED) is 0.417. The van der Waals surface area contributed by atoms with Gasteiger partial charge in [-0.1, -0.05) is 80.5 Å². The molecule has 29 heavy (non-hydrogen) atoms. The normalized spacial score (nSPS) is 12.2. The Labute approximate surface area is 195 Å². The van der Waals surface area contributed by atoms with Crippen LogP contribution in [0.15, 0.2) is 36.4 Å². The van der Waals surface area contributed by atoms with E-state index in [1.165, 1.54) is 16.4 Å². The molecule has 6 heteroatoms. The summed E-state index contributed by atoms with van der Waals surface area (Å²) in [7, 11) is 14.4. The first kappa shape index (κ1) is 27.0. The summed E-state index contributed by atoms with van der Waals surface area (Å²) in [6.45, 7) is 14.1. The predicted octanol–water partition coefficient (Wildman–Crippen LogP) is 6.05. The molecular weight excluding hydrogens is 456 g/mol. The minimum absolute atomic E-state index is 0.0517. The number of phenolic OH excluding ortho intramolecular Hbond substituents is 1. The molecule has 0 aliphatic heterocycles. The number of phenols is 1. The molecule has 2 nitrogen and oxygen atoms in total. The van der Waals surface area contributed by atoms with Crippen molar-refractivity contribution in [1.82, 2.24) is 4.90 Å². The summed E-state index contributed by atoms with van der Waals surface area (Å²) in [6.07, 6.45) is 0. The van der Waals surface area contributed by atoms with Gasteiger partial charge in [0.2, 0.25) is 0 Å². The van der Waals surface area contributed by atoms with Gasteiger partial charge in [0, 0.05) is 17.4 Å². The fourth-order valence-corrected chi connectivity index (χ4v) is 4.27. The molecule has 0 saturated carbocycles. The van der Waals surface area contributed by atoms with Crippen molar-refractivity contribution >= 4 is 37.8 Å². The summed E-state index contributed by atoms with van der Waals surface area (Å²) in [5, 5.41) is 13.4. The molecule has 2 rings (SSSR count). The van der Waals surface area contributed by atoms with E-state index in [1.54, 1.807) is 0 Å². The Morgan fingerprint density at radius 2 is 1.48 bits per heavy atom. The molecule has 0 fully saturated rings. The average molecular weight is 490 g/mol. The molecule has 1 unspecified atom stereocenters. The van der Waals surface area contributed by atoms with E-state index in [-0.39, 0.29) is 10.8 Å². The molecule has 1 atom stereocenters. The molecule has 0 amide bonds. The van der Waals surface area contributed by atoms with Gasteiger partial charge in [-0.3, -0.25) is 0 Å². The van der Waals surface area contributed by atoms with Gasteiger partial charge in [0.15, 0.2) is 0 Å². The van der Waals surface area contributed by atoms with Crippen LogP contribution in [0.5, 0.6) is 5.75 Å². The van der Waals surface area contributed by atoms with Crippen molar-refractivity contribution in [3.63, 3.8) is 0 Å². The van der Waals surface area contributed by atoms with Crippen LogP contribution in [-0.4, -0.2) is 24.1 Å². The summed E-state index contributed by atoms with van der Waals surface area (Å²) >= 11 is -0.556. The number of benzene rings is 2. The van der Waals surface area contributed by atoms with E-state index in [9.17, 15) is 5.11 Å². The van der Waals surface area contributed by atoms with Crippen LogP contribution in [0, 0.1) is 0 Å². The third kappa shape index (κ3) is 8.52. The second kappa shape index (κ2) is 11.5. The zero-order chi connectivity index (χ0) is 22.4. The second-order valence-electron chi connectivity index (χ2n) is 9.51. The monoisotopic (exact) mass is 489 g/mol. The number of nitrogens with zero attached hydrogens (tertiary/aromatic N) is 1. The van der Waals surface area contributed by atoms with E-state index in [0.717, 1.165) is 17.4 Å². The Morgan fingerprint density at radius 1 is 0.931 bits per heavy atom. The van der Waals surface area contributed by atoms with Gasteiger partial charge in [-0.05, 0) is 47.4 Å². The Morgan fingerprint density at radius 3 is 1.97 bits per heavy atom. The van der Waals surface area contributed by atoms with E-state index in [0.29, 0.717) is 14.3 Å². The zero-order valence-electron chi connectivity index (χ0n) is 18.8. The molecule has 160 valence electrons. The first-order chi connectivity index (χ1) is 13.3. The van der Waals surface area contributed by atoms with Gasteiger partial charge in [-0.2, -0.15) is 0 Å². The van der Waals surface area contributed by atoms with Crippen molar-refractivity contribution < 1.29 is 22.1 Å². The van der Waals surface area contributed by atoms with Crippen molar-refractivity contribution in [3.8, 4) is 5.75 Å². The SMILES string of the molecule is CN(C)Cc1ccccc1Pc1cc(C(C)(C)C)cc(C(C)(C)C)c1O.[Cl][Ti][Cl]. The van der Waals surface area contributed by atoms with Gasteiger partial charge in [-0.15, -0.1) is 0 Å². The molecule has 0 bridgehead atoms. The van der Waals surface area contributed by atoms with Gasteiger partial charge in [0.05, 0.1) is 0 Å². The van der Waals surface area contributed by atoms with Crippen LogP contribution < -0.4 is 10.6 Å². The molecule has 0 radical (unpaired) electrons. The van der Waals surface area contributed by atoms with Crippen molar-refractivity contribution in [2.24, 2.45) is 0 Å². The summed E-state index contributed by atoms with van der Waals surface area (Å²) < 4.78 is 0. The molecule has 0 aromatic heterocycles. The third-order valence-electron chi connectivity index (χ3n) is 4.56. The topological polar surface area (TPSA) is 23.5 Å². The van der Waals surface area contributed by atoms with Gasteiger partial charge in [0.1, 0.15) is 5.75 Å². The fraction of sp³-hybridized carbons (Fsp3) is 0.478. The molecule has 0 aliphatic rings. The van der Waals surface area contributed by atoms with Crippen LogP contribution in [0.1, 0.15) is 58.2 Å². The van der Waals surface area contributed by atoms with Crippen LogP contribution in [0.3, 0.4) is 0 Å². The zero-order valence-corrected chi connectivity index (χ0v) is 22.9. The average Bonchev–Trinajstić information content (AvgIpc) is 2.56. The molecule has 0 aliphatic carbocycles. The summed E-state index contributed by atoms with van der Waals surface area (Å²) in [6, 6.07) is 13.0. The van der Waals surface area contributed by atoms with Crippen LogP contribution in [-0.2, 0) is 34.4 Å². The Hall–Kier alpha value is -0.0757. The van der Waals surface area contributed by atoms with Crippen LogP contribution in [0.25, 0.3) is 0 Å². The molecule has 2 aromatic carbocycles. The van der Waals surface area contributed by atoms with Crippen molar-refractivity contribution in [2.45, 2.75) is 58.9 Å². The van der Waals surface area contributed by atoms with Gasteiger partial charge < -0.3 is 10.0 Å². The van der Waals surface area contributed by atoms with Crippen LogP contribution in [0.4, 0.5) is 0 Å². The summed E-state index contributed by atoms with van der Waals surface area (Å²) in [5.41, 5.74) is 3.61. The number of aromatic hydroxyl groups is 1. The number of rotatable bonds is 4. The maximum absolute atomic E-state index is 11.0. The third-order valence-corrected chi connectivity index (χ3v) is 5.96. The molecule has 0 saturated heterocycles. The van der Waals surface area contributed by atoms with Crippen molar-refractivity contribution in [2.75, 3.05) is 14.1 Å². The van der Waals surface area contributed by atoms with Crippen LogP contribution in [0.2, 0.25) is 0 Å². The van der Waals surface area contributed by atoms with E-state index in [2.05, 4.69) is 96.9 Å². The van der Waals surface area contributed by atoms with Crippen LogP contribution >= 0.6 is 27.2 Å². The predicted molar refractivity (Wildman–Crippen MR) is 129 cm³/mol. The van der Waals surface area contributed by atoms with Gasteiger partial charge >= 0.3 is 35.6 Å². The van der Waals surface area contributed by atoms with E-state index in [4.69, 9.17) is 18.6 Å². The Bertz CT molecular complexity index is 798. The maximum atomic E-state index is 11.0. The number of hydrogen-bond acceptors (Lipinski definition) is 2. The van der Waals surface area contributed by atoms with E-state index < -0.39 is 17.0 Å². The van der Waals surface area contributed by atoms with Crippen molar-refractivity contribution in [3.05, 3.63) is 53.1 Å². The minimum atomic E-state index is -0.556.